The van der Waals surface area contributed by atoms with E-state index in [0.29, 0.717) is 10.6 Å². The topological polar surface area (TPSA) is 79.3 Å². The predicted molar refractivity (Wildman–Crippen MR) is 75.3 cm³/mol. The van der Waals surface area contributed by atoms with Gasteiger partial charge in [0.2, 0.25) is 0 Å². The highest BCUT2D eigenvalue weighted by Gasteiger charge is 2.15. The minimum atomic E-state index is -1.14. The lowest BCUT2D eigenvalue weighted by Crippen LogP contribution is -2.17. The molecule has 6 heteroatoms. The van der Waals surface area contributed by atoms with Crippen LogP contribution in [0, 0.1) is 6.92 Å². The highest BCUT2D eigenvalue weighted by molar-refractivity contribution is 6.31. The molecule has 5 nitrogen and oxygen atoms in total. The standard InChI is InChI=1S/C14H11ClN2O3/c1-8-3-2-6-16-12(8)13(18)17-11-7-9(15)4-5-10(11)14(19)20/h2-7H,1H3,(H,17,18)(H,19,20). The summed E-state index contributed by atoms with van der Waals surface area (Å²) < 4.78 is 0. The van der Waals surface area contributed by atoms with E-state index in [1.807, 2.05) is 0 Å². The van der Waals surface area contributed by atoms with Crippen LogP contribution in [0.5, 0.6) is 0 Å². The molecule has 0 saturated heterocycles. The van der Waals surface area contributed by atoms with Crippen LogP contribution in [0.25, 0.3) is 0 Å². The molecular weight excluding hydrogens is 280 g/mol. The first kappa shape index (κ1) is 14.0. The first-order valence-electron chi connectivity index (χ1n) is 5.75. The Bertz CT molecular complexity index is 686. The molecule has 0 bridgehead atoms. The Balaban J connectivity index is 2.35. The summed E-state index contributed by atoms with van der Waals surface area (Å²) in [5.41, 5.74) is 1.05. The fourth-order valence-corrected chi connectivity index (χ4v) is 1.88. The van der Waals surface area contributed by atoms with Crippen LogP contribution < -0.4 is 5.32 Å². The Hall–Kier alpha value is -2.40. The molecule has 0 radical (unpaired) electrons. The van der Waals surface area contributed by atoms with Crippen molar-refractivity contribution in [3.05, 3.63) is 58.4 Å². The molecule has 0 atom stereocenters. The van der Waals surface area contributed by atoms with Crippen LogP contribution in [-0.4, -0.2) is 22.0 Å². The number of aromatic nitrogens is 1. The number of pyridine rings is 1. The molecule has 2 N–H and O–H groups in total. The zero-order valence-electron chi connectivity index (χ0n) is 10.6. The van der Waals surface area contributed by atoms with Crippen LogP contribution in [0.3, 0.4) is 0 Å². The van der Waals surface area contributed by atoms with E-state index in [1.165, 1.54) is 24.4 Å². The molecule has 102 valence electrons. The number of amides is 1. The van der Waals surface area contributed by atoms with Crippen LogP contribution >= 0.6 is 11.6 Å². The number of carbonyl (C=O) groups excluding carboxylic acids is 1. The lowest BCUT2D eigenvalue weighted by atomic mass is 10.1. The molecule has 0 saturated carbocycles. The maximum atomic E-state index is 12.1. The van der Waals surface area contributed by atoms with Gasteiger partial charge in [-0.05, 0) is 36.8 Å². The molecule has 0 aliphatic carbocycles. The summed E-state index contributed by atoms with van der Waals surface area (Å²) in [4.78, 5) is 27.2. The van der Waals surface area contributed by atoms with Gasteiger partial charge >= 0.3 is 5.97 Å². The zero-order chi connectivity index (χ0) is 14.7. The summed E-state index contributed by atoms with van der Waals surface area (Å²) in [5, 5.41) is 11.9. The highest BCUT2D eigenvalue weighted by Crippen LogP contribution is 2.22. The van der Waals surface area contributed by atoms with Crippen molar-refractivity contribution in [3.63, 3.8) is 0 Å². The van der Waals surface area contributed by atoms with Gasteiger partial charge in [0.05, 0.1) is 11.3 Å². The number of nitrogens with zero attached hydrogens (tertiary/aromatic N) is 1. The van der Waals surface area contributed by atoms with Crippen LogP contribution in [0.15, 0.2) is 36.5 Å². The highest BCUT2D eigenvalue weighted by atomic mass is 35.5. The average molecular weight is 291 g/mol. The van der Waals surface area contributed by atoms with Crippen LogP contribution in [0.2, 0.25) is 5.02 Å². The number of nitrogens with one attached hydrogen (secondary N) is 1. The van der Waals surface area contributed by atoms with Gasteiger partial charge in [-0.25, -0.2) is 4.79 Å². The smallest absolute Gasteiger partial charge is 0.337 e. The maximum absolute atomic E-state index is 12.1. The second-order valence-electron chi connectivity index (χ2n) is 4.12. The maximum Gasteiger partial charge on any atom is 0.337 e. The van der Waals surface area contributed by atoms with Gasteiger partial charge < -0.3 is 10.4 Å². The lowest BCUT2D eigenvalue weighted by Gasteiger charge is -2.09. The van der Waals surface area contributed by atoms with E-state index in [9.17, 15) is 9.59 Å². The largest absolute Gasteiger partial charge is 0.478 e. The molecule has 1 aromatic carbocycles. The molecule has 2 rings (SSSR count). The molecule has 20 heavy (non-hydrogen) atoms. The third kappa shape index (κ3) is 2.95. The molecule has 0 unspecified atom stereocenters. The first-order valence-corrected chi connectivity index (χ1v) is 6.12. The fraction of sp³-hybridized carbons (Fsp3) is 0.0714. The van der Waals surface area contributed by atoms with Crippen LogP contribution in [-0.2, 0) is 0 Å². The number of hydrogen-bond acceptors (Lipinski definition) is 3. The van der Waals surface area contributed by atoms with Crippen LogP contribution in [0.1, 0.15) is 26.4 Å². The minimum absolute atomic E-state index is 0.0312. The van der Waals surface area contributed by atoms with Crippen molar-refractivity contribution in [2.24, 2.45) is 0 Å². The summed E-state index contributed by atoms with van der Waals surface area (Å²) in [5.74, 6) is -1.62. The number of aryl methyl sites for hydroxylation is 1. The second kappa shape index (κ2) is 5.71. The average Bonchev–Trinajstić information content (AvgIpc) is 2.38. The van der Waals surface area contributed by atoms with Gasteiger partial charge in [0.1, 0.15) is 5.69 Å². The number of hydrogen-bond donors (Lipinski definition) is 2. The molecule has 0 spiro atoms. The van der Waals surface area contributed by atoms with E-state index < -0.39 is 11.9 Å². The van der Waals surface area contributed by atoms with E-state index >= 15 is 0 Å². The number of rotatable bonds is 3. The molecule has 0 aliphatic rings. The molecule has 2 aromatic rings. The Morgan fingerprint density at radius 2 is 2.05 bits per heavy atom. The van der Waals surface area contributed by atoms with Gasteiger partial charge in [-0.3, -0.25) is 9.78 Å². The summed E-state index contributed by atoms with van der Waals surface area (Å²) in [6.45, 7) is 1.75. The third-order valence-electron chi connectivity index (χ3n) is 2.68. The van der Waals surface area contributed by atoms with Crippen molar-refractivity contribution >= 4 is 29.2 Å². The normalized spacial score (nSPS) is 10.1. The number of aromatic carboxylic acids is 1. The Kier molecular flexibility index (Phi) is 4.00. The van der Waals surface area contributed by atoms with Gasteiger partial charge in [-0.15, -0.1) is 0 Å². The number of anilines is 1. The predicted octanol–water partition coefficient (Wildman–Crippen LogP) is 2.99. The summed E-state index contributed by atoms with van der Waals surface area (Å²) >= 11 is 5.82. The van der Waals surface area contributed by atoms with E-state index in [0.717, 1.165) is 0 Å². The van der Waals surface area contributed by atoms with E-state index in [2.05, 4.69) is 10.3 Å². The first-order chi connectivity index (χ1) is 9.49. The quantitative estimate of drug-likeness (QED) is 0.911. The third-order valence-corrected chi connectivity index (χ3v) is 2.92. The monoisotopic (exact) mass is 290 g/mol. The number of halogens is 1. The van der Waals surface area contributed by atoms with Crippen molar-refractivity contribution in [1.82, 2.24) is 4.98 Å². The number of carboxylic acid groups (broad SMARTS) is 1. The Morgan fingerprint density at radius 3 is 2.70 bits per heavy atom. The molecule has 1 aromatic heterocycles. The SMILES string of the molecule is Cc1cccnc1C(=O)Nc1cc(Cl)ccc1C(=O)O. The molecule has 0 aliphatic heterocycles. The molecule has 1 amide bonds. The van der Waals surface area contributed by atoms with Crippen molar-refractivity contribution < 1.29 is 14.7 Å². The summed E-state index contributed by atoms with van der Waals surface area (Å²) in [6, 6.07) is 7.64. The van der Waals surface area contributed by atoms with Gasteiger partial charge in [0.15, 0.2) is 0 Å². The van der Waals surface area contributed by atoms with E-state index in [-0.39, 0.29) is 16.9 Å². The Labute approximate surface area is 120 Å². The van der Waals surface area contributed by atoms with Gasteiger partial charge in [-0.2, -0.15) is 0 Å². The van der Waals surface area contributed by atoms with E-state index in [4.69, 9.17) is 16.7 Å². The zero-order valence-corrected chi connectivity index (χ0v) is 11.3. The van der Waals surface area contributed by atoms with E-state index in [1.54, 1.807) is 19.1 Å². The molecule has 0 fully saturated rings. The molecule has 1 heterocycles. The van der Waals surface area contributed by atoms with Gasteiger partial charge in [-0.1, -0.05) is 17.7 Å². The summed E-state index contributed by atoms with van der Waals surface area (Å²) in [7, 11) is 0. The van der Waals surface area contributed by atoms with Gasteiger partial charge in [0.25, 0.3) is 5.91 Å². The number of benzene rings is 1. The van der Waals surface area contributed by atoms with Crippen molar-refractivity contribution in [3.8, 4) is 0 Å². The lowest BCUT2D eigenvalue weighted by molar-refractivity contribution is 0.0698. The second-order valence-corrected chi connectivity index (χ2v) is 4.55. The van der Waals surface area contributed by atoms with Crippen LogP contribution in [0.4, 0.5) is 5.69 Å². The summed E-state index contributed by atoms with van der Waals surface area (Å²) in [6.07, 6.45) is 1.50. The number of carbonyl (C=O) groups is 2. The van der Waals surface area contributed by atoms with Crippen molar-refractivity contribution in [1.29, 1.82) is 0 Å². The van der Waals surface area contributed by atoms with Crippen molar-refractivity contribution in [2.45, 2.75) is 6.92 Å². The van der Waals surface area contributed by atoms with Crippen molar-refractivity contribution in [2.75, 3.05) is 5.32 Å². The Morgan fingerprint density at radius 1 is 1.30 bits per heavy atom. The molecular formula is C14H11ClN2O3. The fourth-order valence-electron chi connectivity index (χ4n) is 1.71. The minimum Gasteiger partial charge on any atom is -0.478 e. The van der Waals surface area contributed by atoms with Gasteiger partial charge in [0, 0.05) is 11.2 Å². The number of carboxylic acids is 1.